The lowest BCUT2D eigenvalue weighted by atomic mass is 9.84. The predicted octanol–water partition coefficient (Wildman–Crippen LogP) is 1.06. The monoisotopic (exact) mass is 267 g/mol. The Bertz CT molecular complexity index is 434. The highest BCUT2D eigenvalue weighted by molar-refractivity contribution is 5.09. The minimum absolute atomic E-state index is 0.314. The second-order valence-corrected chi connectivity index (χ2v) is 5.64. The number of ether oxygens (including phenoxy) is 1. The van der Waals surface area contributed by atoms with Crippen molar-refractivity contribution in [2.75, 3.05) is 20.2 Å². The fourth-order valence-corrected chi connectivity index (χ4v) is 3.10. The molecule has 0 radical (unpaired) electrons. The van der Waals surface area contributed by atoms with E-state index in [0.717, 1.165) is 32.2 Å². The highest BCUT2D eigenvalue weighted by Gasteiger charge is 2.43. The second-order valence-electron chi connectivity index (χ2n) is 5.64. The molecular weight excluding hydrogens is 246 g/mol. The molecule has 6 heteroatoms. The van der Waals surface area contributed by atoms with Gasteiger partial charge in [-0.15, -0.1) is 0 Å². The van der Waals surface area contributed by atoms with Gasteiger partial charge in [0, 0.05) is 13.7 Å². The molecular formula is C13H21N3O3. The molecule has 19 heavy (non-hydrogen) atoms. The van der Waals surface area contributed by atoms with E-state index in [1.165, 1.54) is 6.42 Å². The fourth-order valence-electron chi connectivity index (χ4n) is 3.10. The van der Waals surface area contributed by atoms with E-state index in [0.29, 0.717) is 24.7 Å². The van der Waals surface area contributed by atoms with Crippen molar-refractivity contribution in [2.45, 2.75) is 49.7 Å². The standard InChI is InChI=1S/C13H21N3O3/c1-18-13(5-3-2-4-6-13)10-15-11(19-16-10)12(17)7-8-14-9-12/h14,17H,2-9H2,1H3. The lowest BCUT2D eigenvalue weighted by Crippen LogP contribution is -2.33. The van der Waals surface area contributed by atoms with E-state index >= 15 is 0 Å². The first kappa shape index (κ1) is 13.0. The van der Waals surface area contributed by atoms with Crippen molar-refractivity contribution < 1.29 is 14.4 Å². The maximum absolute atomic E-state index is 10.4. The Morgan fingerprint density at radius 1 is 1.26 bits per heavy atom. The van der Waals surface area contributed by atoms with Crippen LogP contribution in [0, 0.1) is 0 Å². The first-order valence-electron chi connectivity index (χ1n) is 7.01. The average molecular weight is 267 g/mol. The van der Waals surface area contributed by atoms with Crippen molar-refractivity contribution in [1.29, 1.82) is 0 Å². The van der Waals surface area contributed by atoms with E-state index in [1.807, 2.05) is 0 Å². The zero-order chi connectivity index (χ0) is 13.3. The van der Waals surface area contributed by atoms with E-state index in [-0.39, 0.29) is 0 Å². The first-order valence-corrected chi connectivity index (χ1v) is 7.01. The molecule has 0 amide bonds. The van der Waals surface area contributed by atoms with Gasteiger partial charge in [-0.05, 0) is 25.8 Å². The average Bonchev–Trinajstić information content (AvgIpc) is 3.09. The van der Waals surface area contributed by atoms with Gasteiger partial charge in [0.2, 0.25) is 5.82 Å². The number of rotatable bonds is 3. The Hall–Kier alpha value is -0.980. The van der Waals surface area contributed by atoms with Crippen LogP contribution in [-0.4, -0.2) is 35.4 Å². The maximum atomic E-state index is 10.4. The van der Waals surface area contributed by atoms with Gasteiger partial charge in [0.1, 0.15) is 5.60 Å². The normalized spacial score (nSPS) is 30.6. The van der Waals surface area contributed by atoms with Gasteiger partial charge in [-0.2, -0.15) is 4.98 Å². The highest BCUT2D eigenvalue weighted by atomic mass is 16.5. The molecule has 1 aromatic heterocycles. The number of aromatic nitrogens is 2. The number of nitrogens with one attached hydrogen (secondary N) is 1. The van der Waals surface area contributed by atoms with Crippen LogP contribution in [0.15, 0.2) is 4.52 Å². The topological polar surface area (TPSA) is 80.4 Å². The summed E-state index contributed by atoms with van der Waals surface area (Å²) in [6.45, 7) is 1.23. The molecule has 0 spiro atoms. The van der Waals surface area contributed by atoms with Gasteiger partial charge in [-0.3, -0.25) is 0 Å². The van der Waals surface area contributed by atoms with Crippen molar-refractivity contribution in [3.8, 4) is 0 Å². The highest BCUT2D eigenvalue weighted by Crippen LogP contribution is 2.39. The molecule has 106 valence electrons. The summed E-state index contributed by atoms with van der Waals surface area (Å²) in [7, 11) is 1.70. The zero-order valence-electron chi connectivity index (χ0n) is 11.3. The predicted molar refractivity (Wildman–Crippen MR) is 67.5 cm³/mol. The molecule has 0 aromatic carbocycles. The zero-order valence-corrected chi connectivity index (χ0v) is 11.3. The third-order valence-corrected chi connectivity index (χ3v) is 4.42. The Labute approximate surface area is 112 Å². The molecule has 1 aromatic rings. The molecule has 2 aliphatic rings. The van der Waals surface area contributed by atoms with Crippen molar-refractivity contribution in [3.63, 3.8) is 0 Å². The Morgan fingerprint density at radius 2 is 2.05 bits per heavy atom. The van der Waals surface area contributed by atoms with Gasteiger partial charge in [-0.1, -0.05) is 24.4 Å². The molecule has 3 rings (SSSR count). The van der Waals surface area contributed by atoms with Crippen LogP contribution < -0.4 is 5.32 Å². The summed E-state index contributed by atoms with van der Waals surface area (Å²) in [5.74, 6) is 0.902. The molecule has 1 aliphatic heterocycles. The summed E-state index contributed by atoms with van der Waals surface area (Å²) >= 11 is 0. The summed E-state index contributed by atoms with van der Waals surface area (Å²) < 4.78 is 11.0. The molecule has 2 N–H and O–H groups in total. The summed E-state index contributed by atoms with van der Waals surface area (Å²) in [5.41, 5.74) is -1.45. The largest absolute Gasteiger partial charge is 0.379 e. The van der Waals surface area contributed by atoms with E-state index in [9.17, 15) is 5.11 Å². The number of nitrogens with zero attached hydrogens (tertiary/aromatic N) is 2. The summed E-state index contributed by atoms with van der Waals surface area (Å²) in [6, 6.07) is 0. The smallest absolute Gasteiger partial charge is 0.260 e. The number of methoxy groups -OCH3 is 1. The quantitative estimate of drug-likeness (QED) is 0.852. The van der Waals surface area contributed by atoms with Crippen LogP contribution in [0.2, 0.25) is 0 Å². The summed E-state index contributed by atoms with van der Waals surface area (Å²) in [6.07, 6.45) is 5.89. The third-order valence-electron chi connectivity index (χ3n) is 4.42. The number of aliphatic hydroxyl groups is 1. The molecule has 1 saturated heterocycles. The number of β-amino-alcohol motifs (C(OH)–C–C–N with tert-alkyl or cyclic N) is 1. The molecule has 1 atom stereocenters. The minimum Gasteiger partial charge on any atom is -0.379 e. The Morgan fingerprint density at radius 3 is 2.68 bits per heavy atom. The molecule has 0 bridgehead atoms. The van der Waals surface area contributed by atoms with Crippen molar-refractivity contribution in [1.82, 2.24) is 15.5 Å². The molecule has 1 aliphatic carbocycles. The first-order chi connectivity index (χ1) is 9.19. The summed E-state index contributed by atoms with van der Waals surface area (Å²) in [4.78, 5) is 4.44. The van der Waals surface area contributed by atoms with Gasteiger partial charge >= 0.3 is 0 Å². The van der Waals surface area contributed by atoms with E-state index in [2.05, 4.69) is 15.5 Å². The van der Waals surface area contributed by atoms with Crippen molar-refractivity contribution in [3.05, 3.63) is 11.7 Å². The van der Waals surface area contributed by atoms with Crippen LogP contribution >= 0.6 is 0 Å². The second kappa shape index (κ2) is 4.85. The van der Waals surface area contributed by atoms with E-state index in [4.69, 9.17) is 9.26 Å². The van der Waals surface area contributed by atoms with Gasteiger partial charge in [0.25, 0.3) is 5.89 Å². The minimum atomic E-state index is -1.02. The number of hydrogen-bond acceptors (Lipinski definition) is 6. The van der Waals surface area contributed by atoms with E-state index in [1.54, 1.807) is 7.11 Å². The summed E-state index contributed by atoms with van der Waals surface area (Å²) in [5, 5.41) is 17.6. The van der Waals surface area contributed by atoms with Gasteiger partial charge in [-0.25, -0.2) is 0 Å². The van der Waals surface area contributed by atoms with Crippen molar-refractivity contribution >= 4 is 0 Å². The van der Waals surface area contributed by atoms with Gasteiger partial charge in [0.15, 0.2) is 5.60 Å². The lowest BCUT2D eigenvalue weighted by Gasteiger charge is -2.32. The van der Waals surface area contributed by atoms with Crippen LogP contribution in [0.5, 0.6) is 0 Å². The lowest BCUT2D eigenvalue weighted by molar-refractivity contribution is -0.0527. The number of hydrogen-bond donors (Lipinski definition) is 2. The molecule has 6 nitrogen and oxygen atoms in total. The molecule has 2 heterocycles. The maximum Gasteiger partial charge on any atom is 0.260 e. The molecule has 1 unspecified atom stereocenters. The van der Waals surface area contributed by atoms with Crippen LogP contribution in [0.4, 0.5) is 0 Å². The SMILES string of the molecule is COC1(c2noc(C3(O)CCNC3)n2)CCCCC1. The van der Waals surface area contributed by atoms with Gasteiger partial charge < -0.3 is 19.7 Å². The van der Waals surface area contributed by atoms with Crippen molar-refractivity contribution in [2.24, 2.45) is 0 Å². The van der Waals surface area contributed by atoms with Crippen LogP contribution in [0.1, 0.15) is 50.2 Å². The van der Waals surface area contributed by atoms with Crippen LogP contribution in [-0.2, 0) is 15.9 Å². The Balaban J connectivity index is 1.87. The molecule has 2 fully saturated rings. The Kier molecular flexibility index (Phi) is 3.32. The molecule has 1 saturated carbocycles. The van der Waals surface area contributed by atoms with Crippen LogP contribution in [0.3, 0.4) is 0 Å². The van der Waals surface area contributed by atoms with Gasteiger partial charge in [0.05, 0.1) is 0 Å². The van der Waals surface area contributed by atoms with E-state index < -0.39 is 11.2 Å². The fraction of sp³-hybridized carbons (Fsp3) is 0.846. The third kappa shape index (κ3) is 2.17. The van der Waals surface area contributed by atoms with Crippen LogP contribution in [0.25, 0.3) is 0 Å².